The van der Waals surface area contributed by atoms with Gasteiger partial charge in [0, 0.05) is 13.2 Å². The zero-order valence-electron chi connectivity index (χ0n) is 13.7. The minimum absolute atomic E-state index is 0.351. The van der Waals surface area contributed by atoms with Gasteiger partial charge in [0.2, 0.25) is 10.0 Å². The van der Waals surface area contributed by atoms with Gasteiger partial charge in [-0.2, -0.15) is 0 Å². The van der Waals surface area contributed by atoms with Gasteiger partial charge in [-0.1, -0.05) is 0 Å². The topological polar surface area (TPSA) is 95.9 Å². The van der Waals surface area contributed by atoms with E-state index >= 15 is 0 Å². The fraction of sp³-hybridized carbons (Fsp3) is 0.923. The Morgan fingerprint density at radius 3 is 2.43 bits per heavy atom. The van der Waals surface area contributed by atoms with E-state index in [-0.39, 0.29) is 12.2 Å². The van der Waals surface area contributed by atoms with Gasteiger partial charge < -0.3 is 9.84 Å². The molecule has 0 bridgehead atoms. The van der Waals surface area contributed by atoms with Gasteiger partial charge in [-0.25, -0.2) is 26.7 Å². The van der Waals surface area contributed by atoms with Crippen LogP contribution >= 0.6 is 0 Å². The van der Waals surface area contributed by atoms with Crippen molar-refractivity contribution in [2.75, 3.05) is 18.9 Å². The van der Waals surface area contributed by atoms with Crippen molar-refractivity contribution in [3.05, 3.63) is 0 Å². The van der Waals surface area contributed by atoms with Crippen molar-refractivity contribution in [1.29, 1.82) is 0 Å². The number of likely N-dealkylation sites (tertiary alicyclic amines) is 1. The summed E-state index contributed by atoms with van der Waals surface area (Å²) in [4.78, 5) is 12.9. The van der Waals surface area contributed by atoms with Gasteiger partial charge in [-0.05, 0) is 34.1 Å². The molecular weight excluding hydrogens is 334 g/mol. The maximum Gasteiger partial charge on any atom is 0.410 e. The number of carbonyl (C=O) groups is 1. The van der Waals surface area contributed by atoms with E-state index in [2.05, 4.69) is 0 Å². The lowest BCUT2D eigenvalue weighted by Crippen LogP contribution is -2.50. The highest BCUT2D eigenvalue weighted by Gasteiger charge is 2.59. The molecule has 23 heavy (non-hydrogen) atoms. The van der Waals surface area contributed by atoms with Crippen LogP contribution in [0.4, 0.5) is 13.6 Å². The number of hydrogen-bond acceptors (Lipinski definition) is 5. The second-order valence-corrected chi connectivity index (χ2v) is 8.45. The molecule has 1 aliphatic rings. The molecule has 1 rings (SSSR count). The molecule has 0 radical (unpaired) electrons. The Bertz CT molecular complexity index is 533. The molecule has 10 heteroatoms. The molecule has 0 aliphatic carbocycles. The Morgan fingerprint density at radius 2 is 2.00 bits per heavy atom. The number of hydrogen-bond donors (Lipinski definition) is 2. The van der Waals surface area contributed by atoms with E-state index in [4.69, 9.17) is 9.84 Å². The van der Waals surface area contributed by atoms with E-state index in [0.29, 0.717) is 0 Å². The van der Waals surface area contributed by atoms with E-state index in [0.717, 1.165) is 4.90 Å². The van der Waals surface area contributed by atoms with Crippen LogP contribution in [0.3, 0.4) is 0 Å². The van der Waals surface area contributed by atoms with E-state index in [9.17, 15) is 22.0 Å². The fourth-order valence-corrected chi connectivity index (χ4v) is 3.13. The van der Waals surface area contributed by atoms with Crippen molar-refractivity contribution in [3.8, 4) is 0 Å². The quantitative estimate of drug-likeness (QED) is 0.762. The zero-order valence-corrected chi connectivity index (χ0v) is 14.5. The summed E-state index contributed by atoms with van der Waals surface area (Å²) in [6, 6.07) is -3.39. The van der Waals surface area contributed by atoms with E-state index in [1.165, 1.54) is 6.92 Å². The van der Waals surface area contributed by atoms with Crippen LogP contribution in [-0.4, -0.2) is 67.0 Å². The summed E-state index contributed by atoms with van der Waals surface area (Å²) in [5.41, 5.74) is -0.878. The van der Waals surface area contributed by atoms with E-state index < -0.39 is 52.9 Å². The van der Waals surface area contributed by atoms with Crippen LogP contribution in [0.5, 0.6) is 0 Å². The highest BCUT2D eigenvalue weighted by Crippen LogP contribution is 2.37. The molecule has 1 amide bonds. The van der Waals surface area contributed by atoms with Crippen molar-refractivity contribution in [1.82, 2.24) is 9.62 Å². The number of aliphatic hydroxyl groups is 1. The van der Waals surface area contributed by atoms with Gasteiger partial charge >= 0.3 is 6.09 Å². The Labute approximate surface area is 135 Å². The van der Waals surface area contributed by atoms with Crippen LogP contribution in [0, 0.1) is 0 Å². The first-order chi connectivity index (χ1) is 10.3. The number of sulfonamides is 1. The summed E-state index contributed by atoms with van der Waals surface area (Å²) in [5.74, 6) is -3.86. The lowest BCUT2D eigenvalue weighted by Gasteiger charge is -2.29. The standard InChI is InChI=1S/C13H24F2N2O5S/c1-5-23(20,21)16-9-8-17(11(19)22-12(2,3)4)10(6-7-18)13(9,14)15/h9-10,16,18H,5-8H2,1-4H3/t9-,10-/m1/s1. The van der Waals surface area contributed by atoms with Crippen molar-refractivity contribution < 1.29 is 31.8 Å². The zero-order chi connectivity index (χ0) is 18.1. The first kappa shape index (κ1) is 20.0. The molecule has 0 unspecified atom stereocenters. The third-order valence-corrected chi connectivity index (χ3v) is 4.80. The van der Waals surface area contributed by atoms with Gasteiger partial charge in [-0.15, -0.1) is 0 Å². The predicted molar refractivity (Wildman–Crippen MR) is 79.8 cm³/mol. The van der Waals surface area contributed by atoms with Crippen molar-refractivity contribution in [2.45, 2.75) is 57.7 Å². The summed E-state index contributed by atoms with van der Waals surface area (Å²) in [7, 11) is -3.87. The average molecular weight is 358 g/mol. The van der Waals surface area contributed by atoms with E-state index in [1.807, 2.05) is 4.72 Å². The molecule has 0 aromatic carbocycles. The second kappa shape index (κ2) is 6.86. The molecule has 1 saturated heterocycles. The second-order valence-electron chi connectivity index (χ2n) is 6.41. The summed E-state index contributed by atoms with van der Waals surface area (Å²) in [6.45, 7) is 5.02. The lowest BCUT2D eigenvalue weighted by atomic mass is 10.1. The minimum atomic E-state index is -3.87. The number of amides is 1. The Kier molecular flexibility index (Phi) is 5.98. The average Bonchev–Trinajstić information content (AvgIpc) is 2.61. The van der Waals surface area contributed by atoms with Gasteiger partial charge in [0.15, 0.2) is 0 Å². The Hall–Kier alpha value is -1.00. The molecule has 1 fully saturated rings. The number of aliphatic hydroxyl groups excluding tert-OH is 1. The fourth-order valence-electron chi connectivity index (χ4n) is 2.29. The Balaban J connectivity index is 3.05. The smallest absolute Gasteiger partial charge is 0.410 e. The molecule has 0 aromatic rings. The highest BCUT2D eigenvalue weighted by molar-refractivity contribution is 7.89. The largest absolute Gasteiger partial charge is 0.444 e. The molecule has 0 spiro atoms. The van der Waals surface area contributed by atoms with Gasteiger partial charge in [-0.3, -0.25) is 4.90 Å². The monoisotopic (exact) mass is 358 g/mol. The molecule has 2 atom stereocenters. The molecular formula is C13H24F2N2O5S. The highest BCUT2D eigenvalue weighted by atomic mass is 32.2. The number of ether oxygens (including phenoxy) is 1. The molecule has 1 aliphatic heterocycles. The molecule has 136 valence electrons. The number of halogens is 2. The molecule has 2 N–H and O–H groups in total. The SMILES string of the molecule is CCS(=O)(=O)N[C@@H]1CN(C(=O)OC(C)(C)C)[C@H](CCO)C1(F)F. The number of alkyl halides is 2. The lowest BCUT2D eigenvalue weighted by molar-refractivity contribution is -0.0565. The van der Waals surface area contributed by atoms with Crippen LogP contribution in [-0.2, 0) is 14.8 Å². The first-order valence-corrected chi connectivity index (χ1v) is 8.97. The third kappa shape index (κ3) is 4.98. The number of carbonyl (C=O) groups excluding carboxylic acids is 1. The van der Waals surface area contributed by atoms with Crippen molar-refractivity contribution in [2.24, 2.45) is 0 Å². The molecule has 1 heterocycles. The molecule has 7 nitrogen and oxygen atoms in total. The van der Waals surface area contributed by atoms with Crippen molar-refractivity contribution in [3.63, 3.8) is 0 Å². The normalized spacial score (nSPS) is 24.7. The van der Waals surface area contributed by atoms with Gasteiger partial charge in [0.05, 0.1) is 5.75 Å². The first-order valence-electron chi connectivity index (χ1n) is 7.32. The summed E-state index contributed by atoms with van der Waals surface area (Å²) >= 11 is 0. The molecule has 0 aromatic heterocycles. The number of rotatable bonds is 5. The number of nitrogens with one attached hydrogen (secondary N) is 1. The third-order valence-electron chi connectivity index (χ3n) is 3.40. The van der Waals surface area contributed by atoms with Crippen LogP contribution < -0.4 is 4.72 Å². The number of nitrogens with zero attached hydrogens (tertiary/aromatic N) is 1. The van der Waals surface area contributed by atoms with Crippen molar-refractivity contribution >= 4 is 16.1 Å². The maximum atomic E-state index is 14.5. The predicted octanol–water partition coefficient (Wildman–Crippen LogP) is 0.931. The minimum Gasteiger partial charge on any atom is -0.444 e. The summed E-state index contributed by atoms with van der Waals surface area (Å²) in [5, 5.41) is 9.01. The van der Waals surface area contributed by atoms with Crippen LogP contribution in [0.25, 0.3) is 0 Å². The molecule has 0 saturated carbocycles. The van der Waals surface area contributed by atoms with Gasteiger partial charge in [0.25, 0.3) is 5.92 Å². The van der Waals surface area contributed by atoms with E-state index in [1.54, 1.807) is 20.8 Å². The maximum absolute atomic E-state index is 14.5. The van der Waals surface area contributed by atoms with Crippen LogP contribution in [0.1, 0.15) is 34.1 Å². The van der Waals surface area contributed by atoms with Gasteiger partial charge in [0.1, 0.15) is 17.7 Å². The van der Waals surface area contributed by atoms with Crippen LogP contribution in [0.15, 0.2) is 0 Å². The summed E-state index contributed by atoms with van der Waals surface area (Å²) < 4.78 is 59.1. The Morgan fingerprint density at radius 1 is 1.43 bits per heavy atom. The van der Waals surface area contributed by atoms with Crippen LogP contribution in [0.2, 0.25) is 0 Å². The summed E-state index contributed by atoms with van der Waals surface area (Å²) in [6.07, 6.45) is -1.34.